The highest BCUT2D eigenvalue weighted by molar-refractivity contribution is 9.10. The summed E-state index contributed by atoms with van der Waals surface area (Å²) in [5.41, 5.74) is 5.72. The second-order valence-corrected chi connectivity index (χ2v) is 4.06. The number of nitrogens with two attached hydrogens (primary N) is 1. The second kappa shape index (κ2) is 3.83. The van der Waals surface area contributed by atoms with Crippen molar-refractivity contribution >= 4 is 33.3 Å². The molecule has 0 spiro atoms. The molecule has 2 aromatic rings. The van der Waals surface area contributed by atoms with Gasteiger partial charge in [0.2, 0.25) is 0 Å². The van der Waals surface area contributed by atoms with Gasteiger partial charge in [0.15, 0.2) is 11.6 Å². The molecule has 0 radical (unpaired) electrons. The van der Waals surface area contributed by atoms with Gasteiger partial charge in [0, 0.05) is 5.02 Å². The Labute approximate surface area is 98.1 Å². The molecule has 0 saturated carbocycles. The summed E-state index contributed by atoms with van der Waals surface area (Å²) in [6.45, 7) is 0. The Morgan fingerprint density at radius 3 is 2.73 bits per heavy atom. The smallest absolute Gasteiger partial charge is 0.186 e. The molecule has 3 nitrogen and oxygen atoms in total. The van der Waals surface area contributed by atoms with Crippen molar-refractivity contribution in [3.05, 3.63) is 33.5 Å². The molecule has 78 valence electrons. The summed E-state index contributed by atoms with van der Waals surface area (Å²) >= 11 is 8.79. The van der Waals surface area contributed by atoms with Crippen molar-refractivity contribution in [1.82, 2.24) is 5.16 Å². The van der Waals surface area contributed by atoms with E-state index in [1.54, 1.807) is 6.07 Å². The quantitative estimate of drug-likeness (QED) is 0.875. The molecule has 0 saturated heterocycles. The molecule has 6 heteroatoms. The van der Waals surface area contributed by atoms with Crippen LogP contribution in [0.5, 0.6) is 0 Å². The van der Waals surface area contributed by atoms with Gasteiger partial charge in [-0.2, -0.15) is 0 Å². The molecule has 1 heterocycles. The molecule has 2 rings (SSSR count). The first-order chi connectivity index (χ1) is 7.09. The van der Waals surface area contributed by atoms with Crippen molar-refractivity contribution in [1.29, 1.82) is 0 Å². The molecular formula is C9H5BrClFN2O. The molecule has 0 bridgehead atoms. The largest absolute Gasteiger partial charge is 0.380 e. The van der Waals surface area contributed by atoms with Crippen LogP contribution in [0.25, 0.3) is 11.3 Å². The fourth-order valence-corrected chi connectivity index (χ4v) is 1.65. The Morgan fingerprint density at radius 2 is 2.20 bits per heavy atom. The number of nitrogen functional groups attached to an aromatic ring is 1. The van der Waals surface area contributed by atoms with E-state index in [0.717, 1.165) is 0 Å². The Morgan fingerprint density at radius 1 is 1.47 bits per heavy atom. The van der Waals surface area contributed by atoms with E-state index in [9.17, 15) is 4.39 Å². The van der Waals surface area contributed by atoms with Gasteiger partial charge in [-0.05, 0) is 34.1 Å². The highest BCUT2D eigenvalue weighted by Gasteiger charge is 2.16. The second-order valence-electron chi connectivity index (χ2n) is 2.84. The molecule has 0 unspecified atom stereocenters. The lowest BCUT2D eigenvalue weighted by Gasteiger charge is -1.99. The topological polar surface area (TPSA) is 52.0 Å². The van der Waals surface area contributed by atoms with Gasteiger partial charge in [-0.3, -0.25) is 0 Å². The van der Waals surface area contributed by atoms with E-state index in [1.807, 2.05) is 0 Å². The molecule has 0 aliphatic rings. The summed E-state index contributed by atoms with van der Waals surface area (Å²) in [6, 6.07) is 4.26. The van der Waals surface area contributed by atoms with Crippen LogP contribution < -0.4 is 5.73 Å². The summed E-state index contributed by atoms with van der Waals surface area (Å²) in [5.74, 6) is -0.0552. The van der Waals surface area contributed by atoms with E-state index in [2.05, 4.69) is 21.1 Å². The number of benzene rings is 1. The molecule has 1 aromatic heterocycles. The predicted octanol–water partition coefficient (Wildman–Crippen LogP) is 3.48. The van der Waals surface area contributed by atoms with E-state index in [-0.39, 0.29) is 17.1 Å². The van der Waals surface area contributed by atoms with Crippen LogP contribution in [0.2, 0.25) is 5.02 Å². The number of nitrogens with zero attached hydrogens (tertiary/aromatic N) is 1. The lowest BCUT2D eigenvalue weighted by Crippen LogP contribution is -1.85. The van der Waals surface area contributed by atoms with Gasteiger partial charge in [-0.15, -0.1) is 0 Å². The number of anilines is 1. The minimum absolute atomic E-state index is 0.180. The van der Waals surface area contributed by atoms with Crippen molar-refractivity contribution in [3.63, 3.8) is 0 Å². The number of aromatic nitrogens is 1. The minimum Gasteiger partial charge on any atom is -0.380 e. The average Bonchev–Trinajstić information content (AvgIpc) is 2.49. The van der Waals surface area contributed by atoms with Crippen molar-refractivity contribution in [2.24, 2.45) is 0 Å². The Bertz CT molecular complexity index is 515. The first kappa shape index (κ1) is 10.4. The Balaban J connectivity index is 2.59. The predicted molar refractivity (Wildman–Crippen MR) is 59.0 cm³/mol. The maximum absolute atomic E-state index is 13.5. The number of hydrogen-bond donors (Lipinski definition) is 1. The van der Waals surface area contributed by atoms with Gasteiger partial charge in [-0.1, -0.05) is 16.8 Å². The summed E-state index contributed by atoms with van der Waals surface area (Å²) in [7, 11) is 0. The zero-order chi connectivity index (χ0) is 11.0. The standard InChI is InChI=1S/C9H5BrClFN2O/c10-7-8(15-14-9(7)13)5-2-1-4(11)3-6(5)12/h1-3H,(H2,13,14). The monoisotopic (exact) mass is 290 g/mol. The normalized spacial score (nSPS) is 10.6. The van der Waals surface area contributed by atoms with Crippen molar-refractivity contribution in [2.75, 3.05) is 5.73 Å². The van der Waals surface area contributed by atoms with Crippen LogP contribution in [0.15, 0.2) is 27.2 Å². The molecular weight excluding hydrogens is 286 g/mol. The zero-order valence-corrected chi connectivity index (χ0v) is 9.64. The van der Waals surface area contributed by atoms with Crippen molar-refractivity contribution in [2.45, 2.75) is 0 Å². The van der Waals surface area contributed by atoms with Gasteiger partial charge >= 0.3 is 0 Å². The Hall–Kier alpha value is -1.07. The molecule has 0 aliphatic carbocycles. The molecule has 0 fully saturated rings. The van der Waals surface area contributed by atoms with Crippen LogP contribution in [0, 0.1) is 5.82 Å². The number of hydrogen-bond acceptors (Lipinski definition) is 3. The van der Waals surface area contributed by atoms with E-state index < -0.39 is 5.82 Å². The maximum Gasteiger partial charge on any atom is 0.186 e. The maximum atomic E-state index is 13.5. The zero-order valence-electron chi connectivity index (χ0n) is 7.30. The van der Waals surface area contributed by atoms with Crippen LogP contribution in [0.1, 0.15) is 0 Å². The van der Waals surface area contributed by atoms with Gasteiger partial charge < -0.3 is 10.3 Å². The average molecular weight is 292 g/mol. The minimum atomic E-state index is -0.487. The molecule has 0 atom stereocenters. The van der Waals surface area contributed by atoms with E-state index in [0.29, 0.717) is 9.50 Å². The third kappa shape index (κ3) is 1.85. The van der Waals surface area contributed by atoms with Crippen LogP contribution in [0.4, 0.5) is 10.2 Å². The molecule has 2 N–H and O–H groups in total. The van der Waals surface area contributed by atoms with Gasteiger partial charge in [-0.25, -0.2) is 4.39 Å². The number of halogens is 3. The fourth-order valence-electron chi connectivity index (χ4n) is 1.13. The molecule has 15 heavy (non-hydrogen) atoms. The SMILES string of the molecule is Nc1noc(-c2ccc(Cl)cc2F)c1Br. The van der Waals surface area contributed by atoms with Crippen LogP contribution in [-0.4, -0.2) is 5.16 Å². The van der Waals surface area contributed by atoms with Crippen LogP contribution in [-0.2, 0) is 0 Å². The third-order valence-electron chi connectivity index (χ3n) is 1.84. The van der Waals surface area contributed by atoms with Gasteiger partial charge in [0.05, 0.1) is 5.56 Å². The summed E-state index contributed by atoms with van der Waals surface area (Å²) in [5, 5.41) is 3.83. The van der Waals surface area contributed by atoms with E-state index in [4.69, 9.17) is 21.9 Å². The van der Waals surface area contributed by atoms with Gasteiger partial charge in [0.25, 0.3) is 0 Å². The first-order valence-corrected chi connectivity index (χ1v) is 5.12. The summed E-state index contributed by atoms with van der Waals surface area (Å²) in [6.07, 6.45) is 0. The van der Waals surface area contributed by atoms with E-state index in [1.165, 1.54) is 12.1 Å². The van der Waals surface area contributed by atoms with Gasteiger partial charge in [0.1, 0.15) is 10.3 Å². The lowest BCUT2D eigenvalue weighted by atomic mass is 10.1. The number of rotatable bonds is 1. The van der Waals surface area contributed by atoms with Crippen molar-refractivity contribution < 1.29 is 8.91 Å². The summed E-state index contributed by atoms with van der Waals surface area (Å²) in [4.78, 5) is 0. The van der Waals surface area contributed by atoms with Crippen LogP contribution in [0.3, 0.4) is 0 Å². The molecule has 0 aliphatic heterocycles. The first-order valence-electron chi connectivity index (χ1n) is 3.95. The third-order valence-corrected chi connectivity index (χ3v) is 2.84. The lowest BCUT2D eigenvalue weighted by molar-refractivity contribution is 0.433. The fraction of sp³-hybridized carbons (Fsp3) is 0. The Kier molecular flexibility index (Phi) is 2.67. The summed E-state index contributed by atoms with van der Waals surface area (Å²) < 4.78 is 18.8. The highest BCUT2D eigenvalue weighted by Crippen LogP contribution is 2.34. The highest BCUT2D eigenvalue weighted by atomic mass is 79.9. The molecule has 0 amide bonds. The molecule has 1 aromatic carbocycles. The van der Waals surface area contributed by atoms with E-state index >= 15 is 0 Å². The van der Waals surface area contributed by atoms with Crippen LogP contribution >= 0.6 is 27.5 Å². The van der Waals surface area contributed by atoms with Crippen molar-refractivity contribution in [3.8, 4) is 11.3 Å².